The molecular weight excluding hydrogens is 567 g/mol. The number of carbonyl (C=O) groups excluding carboxylic acids is 1. The molecular formula is C32H33ClF3N3O3. The number of anilines is 1. The van der Waals surface area contributed by atoms with Gasteiger partial charge >= 0.3 is 12.1 Å². The number of carbonyl (C=O) groups is 2. The lowest BCUT2D eigenvalue weighted by Gasteiger charge is -2.33. The topological polar surface area (TPSA) is 82.0 Å². The van der Waals surface area contributed by atoms with Gasteiger partial charge in [-0.25, -0.2) is 0 Å². The lowest BCUT2D eigenvalue weighted by Crippen LogP contribution is -2.50. The first kappa shape index (κ1) is 31.3. The Morgan fingerprint density at radius 2 is 1.83 bits per heavy atom. The van der Waals surface area contributed by atoms with Gasteiger partial charge in [-0.3, -0.25) is 19.5 Å². The summed E-state index contributed by atoms with van der Waals surface area (Å²) in [6.45, 7) is 5.47. The van der Waals surface area contributed by atoms with E-state index in [9.17, 15) is 27.9 Å². The van der Waals surface area contributed by atoms with Gasteiger partial charge in [-0.15, -0.1) is 0 Å². The third kappa shape index (κ3) is 7.38. The van der Waals surface area contributed by atoms with Crippen molar-refractivity contribution < 1.29 is 27.9 Å². The first-order valence-corrected chi connectivity index (χ1v) is 14.2. The van der Waals surface area contributed by atoms with Crippen molar-refractivity contribution in [3.05, 3.63) is 100 Å². The minimum atomic E-state index is -4.53. The second kappa shape index (κ2) is 13.1. The van der Waals surface area contributed by atoms with Crippen LogP contribution in [-0.2, 0) is 22.2 Å². The molecule has 3 aromatic carbocycles. The van der Waals surface area contributed by atoms with Crippen molar-refractivity contribution in [1.29, 1.82) is 0 Å². The van der Waals surface area contributed by atoms with Gasteiger partial charge in [0.1, 0.15) is 0 Å². The quantitative estimate of drug-likeness (QED) is 0.244. The molecule has 1 aliphatic heterocycles. The summed E-state index contributed by atoms with van der Waals surface area (Å²) in [5.74, 6) is -1.32. The molecule has 2 atom stereocenters. The number of halogens is 4. The molecule has 0 spiro atoms. The summed E-state index contributed by atoms with van der Waals surface area (Å²) < 4.78 is 40.1. The zero-order chi connectivity index (χ0) is 30.5. The fourth-order valence-electron chi connectivity index (χ4n) is 5.45. The molecule has 1 amide bonds. The Hall–Kier alpha value is -3.69. The van der Waals surface area contributed by atoms with Crippen molar-refractivity contribution in [2.75, 3.05) is 18.4 Å². The maximum absolute atomic E-state index is 13.6. The standard InChI is InChI=1S/C32H33ClF3N3O3/c1-3-39-16-8-15-31(39,2)30(42)38-27-14-13-24(33)19-26(27)29(22-10-5-4-6-11-22)37-25(20-28(40)41)18-21-9-7-12-23(17-21)32(34,35)36/h4-7,9-14,17,19,25H,3,8,15-16,18,20H2,1-2H3,(H,38,42)(H,40,41)/t25-,31-/m1/s1. The van der Waals surface area contributed by atoms with Gasteiger partial charge in [0.05, 0.1) is 35.0 Å². The summed E-state index contributed by atoms with van der Waals surface area (Å²) in [4.78, 5) is 32.4. The van der Waals surface area contributed by atoms with Crippen LogP contribution in [0.25, 0.3) is 0 Å². The summed E-state index contributed by atoms with van der Waals surface area (Å²) in [5, 5.41) is 13.1. The van der Waals surface area contributed by atoms with Gasteiger partial charge in [-0.1, -0.05) is 67.1 Å². The van der Waals surface area contributed by atoms with Crippen molar-refractivity contribution in [3.63, 3.8) is 0 Å². The molecule has 0 aromatic heterocycles. The molecule has 1 heterocycles. The van der Waals surface area contributed by atoms with Crippen LogP contribution < -0.4 is 5.32 Å². The Bertz CT molecular complexity index is 1460. The number of likely N-dealkylation sites (N-methyl/N-ethyl adjacent to an activating group) is 1. The highest BCUT2D eigenvalue weighted by Gasteiger charge is 2.42. The number of nitrogens with one attached hydrogen (secondary N) is 1. The zero-order valence-corrected chi connectivity index (χ0v) is 24.2. The number of alkyl halides is 3. The Balaban J connectivity index is 1.79. The molecule has 0 unspecified atom stereocenters. The minimum Gasteiger partial charge on any atom is -0.481 e. The molecule has 6 nitrogen and oxygen atoms in total. The number of carboxylic acid groups (broad SMARTS) is 1. The molecule has 0 radical (unpaired) electrons. The van der Waals surface area contributed by atoms with Gasteiger partial charge in [-0.05, 0) is 69.1 Å². The van der Waals surface area contributed by atoms with Crippen LogP contribution in [0.2, 0.25) is 5.02 Å². The van der Waals surface area contributed by atoms with E-state index in [1.165, 1.54) is 12.1 Å². The highest BCUT2D eigenvalue weighted by molar-refractivity contribution is 6.31. The molecule has 222 valence electrons. The zero-order valence-electron chi connectivity index (χ0n) is 23.4. The molecule has 4 rings (SSSR count). The van der Waals surface area contributed by atoms with Crippen molar-refractivity contribution in [2.24, 2.45) is 4.99 Å². The third-order valence-electron chi connectivity index (χ3n) is 7.64. The first-order valence-electron chi connectivity index (χ1n) is 13.8. The van der Waals surface area contributed by atoms with E-state index < -0.39 is 35.7 Å². The van der Waals surface area contributed by atoms with Crippen LogP contribution in [0.4, 0.5) is 18.9 Å². The molecule has 10 heteroatoms. The largest absolute Gasteiger partial charge is 0.481 e. The normalized spacial score (nSPS) is 18.6. The Morgan fingerprint density at radius 1 is 1.10 bits per heavy atom. The number of hydrogen-bond donors (Lipinski definition) is 2. The molecule has 42 heavy (non-hydrogen) atoms. The van der Waals surface area contributed by atoms with Gasteiger partial charge in [-0.2, -0.15) is 13.2 Å². The van der Waals surface area contributed by atoms with Crippen molar-refractivity contribution in [1.82, 2.24) is 4.90 Å². The maximum Gasteiger partial charge on any atom is 0.416 e. The lowest BCUT2D eigenvalue weighted by atomic mass is 9.95. The van der Waals surface area contributed by atoms with Crippen molar-refractivity contribution >= 4 is 34.9 Å². The van der Waals surface area contributed by atoms with Gasteiger partial charge in [0.2, 0.25) is 5.91 Å². The summed E-state index contributed by atoms with van der Waals surface area (Å²) in [5.41, 5.74) is 0.719. The van der Waals surface area contributed by atoms with Gasteiger partial charge in [0, 0.05) is 16.1 Å². The van der Waals surface area contributed by atoms with E-state index in [-0.39, 0.29) is 12.3 Å². The highest BCUT2D eigenvalue weighted by atomic mass is 35.5. The SMILES string of the molecule is CCN1CCC[C@]1(C)C(=O)Nc1ccc(Cl)cc1C(=N[C@@H](CC(=O)O)Cc1cccc(C(F)(F)F)c1)c1ccccc1. The van der Waals surface area contributed by atoms with Crippen molar-refractivity contribution in [2.45, 2.75) is 57.3 Å². The highest BCUT2D eigenvalue weighted by Crippen LogP contribution is 2.33. The van der Waals surface area contributed by atoms with Crippen molar-refractivity contribution in [3.8, 4) is 0 Å². The molecule has 2 N–H and O–H groups in total. The van der Waals surface area contributed by atoms with E-state index in [0.29, 0.717) is 39.5 Å². The summed E-state index contributed by atoms with van der Waals surface area (Å²) in [6, 6.07) is 17.9. The van der Waals surface area contributed by atoms with Crippen LogP contribution in [0.5, 0.6) is 0 Å². The average Bonchev–Trinajstić information content (AvgIpc) is 3.34. The summed E-state index contributed by atoms with van der Waals surface area (Å²) in [6.07, 6.45) is -3.40. The minimum absolute atomic E-state index is 0.0433. The number of hydrogen-bond acceptors (Lipinski definition) is 4. The molecule has 0 bridgehead atoms. The lowest BCUT2D eigenvalue weighted by molar-refractivity contribution is -0.138. The maximum atomic E-state index is 13.6. The molecule has 1 aliphatic rings. The average molecular weight is 600 g/mol. The number of amides is 1. The molecule has 0 aliphatic carbocycles. The monoisotopic (exact) mass is 599 g/mol. The van der Waals surface area contributed by atoms with Crippen LogP contribution in [0, 0.1) is 0 Å². The third-order valence-corrected chi connectivity index (χ3v) is 7.88. The van der Waals surface area contributed by atoms with Gasteiger partial charge in [0.25, 0.3) is 0 Å². The smallest absolute Gasteiger partial charge is 0.416 e. The predicted molar refractivity (Wildman–Crippen MR) is 158 cm³/mol. The van der Waals surface area contributed by atoms with Crippen LogP contribution in [0.15, 0.2) is 77.8 Å². The van der Waals surface area contributed by atoms with Gasteiger partial charge < -0.3 is 10.4 Å². The van der Waals surface area contributed by atoms with Crippen LogP contribution >= 0.6 is 11.6 Å². The second-order valence-electron chi connectivity index (χ2n) is 10.6. The van der Waals surface area contributed by atoms with E-state index in [2.05, 4.69) is 10.2 Å². The predicted octanol–water partition coefficient (Wildman–Crippen LogP) is 7.10. The van der Waals surface area contributed by atoms with E-state index in [1.54, 1.807) is 42.5 Å². The number of nitrogens with zero attached hydrogens (tertiary/aromatic N) is 2. The molecule has 0 saturated carbocycles. The molecule has 1 fully saturated rings. The summed E-state index contributed by atoms with van der Waals surface area (Å²) in [7, 11) is 0. The second-order valence-corrected chi connectivity index (χ2v) is 11.0. The van der Waals surface area contributed by atoms with Gasteiger partial charge in [0.15, 0.2) is 0 Å². The number of aliphatic imine (C=N–C) groups is 1. The summed E-state index contributed by atoms with van der Waals surface area (Å²) >= 11 is 6.42. The first-order chi connectivity index (χ1) is 19.9. The number of rotatable bonds is 10. The van der Waals surface area contributed by atoms with E-state index in [1.807, 2.05) is 19.9 Å². The van der Waals surface area contributed by atoms with E-state index in [4.69, 9.17) is 16.6 Å². The van der Waals surface area contributed by atoms with Crippen LogP contribution in [0.1, 0.15) is 55.4 Å². The fourth-order valence-corrected chi connectivity index (χ4v) is 5.62. The Kier molecular flexibility index (Phi) is 9.74. The molecule has 3 aromatic rings. The fraction of sp³-hybridized carbons (Fsp3) is 0.344. The molecule has 1 saturated heterocycles. The van der Waals surface area contributed by atoms with Crippen LogP contribution in [-0.4, -0.2) is 52.3 Å². The number of aliphatic carboxylic acids is 1. The number of carboxylic acids is 1. The number of benzene rings is 3. The van der Waals surface area contributed by atoms with E-state index >= 15 is 0 Å². The Labute approximate surface area is 248 Å². The number of likely N-dealkylation sites (tertiary alicyclic amines) is 1. The van der Waals surface area contributed by atoms with Crippen LogP contribution in [0.3, 0.4) is 0 Å². The van der Waals surface area contributed by atoms with E-state index in [0.717, 1.165) is 31.6 Å². The Morgan fingerprint density at radius 3 is 2.50 bits per heavy atom.